The van der Waals surface area contributed by atoms with Crippen molar-refractivity contribution in [1.29, 1.82) is 0 Å². The molecule has 1 heteroatoms. The molecule has 0 aliphatic carbocycles. The first-order valence-electron chi connectivity index (χ1n) is 8.06. The van der Waals surface area contributed by atoms with Crippen molar-refractivity contribution in [2.75, 3.05) is 6.54 Å². The van der Waals surface area contributed by atoms with E-state index in [1.807, 2.05) is 0 Å². The van der Waals surface area contributed by atoms with Gasteiger partial charge in [-0.25, -0.2) is 0 Å². The lowest BCUT2D eigenvalue weighted by molar-refractivity contribution is 0.0660. The van der Waals surface area contributed by atoms with Crippen molar-refractivity contribution >= 4 is 0 Å². The molecule has 2 saturated heterocycles. The van der Waals surface area contributed by atoms with Gasteiger partial charge in [0.2, 0.25) is 0 Å². The van der Waals surface area contributed by atoms with E-state index in [0.717, 1.165) is 24.4 Å². The van der Waals surface area contributed by atoms with Gasteiger partial charge in [0.15, 0.2) is 0 Å². The van der Waals surface area contributed by atoms with Gasteiger partial charge >= 0.3 is 0 Å². The summed E-state index contributed by atoms with van der Waals surface area (Å²) in [4.78, 5) is 2.86. The van der Waals surface area contributed by atoms with E-state index in [1.54, 1.807) is 0 Å². The Morgan fingerprint density at radius 1 is 1.17 bits per heavy atom. The standard InChI is InChI=1S/C17H29N/c1-3-5-6-7-8-10-16-13-12-15(4-2)17-11-9-14-18(16)17/h1,15-17H,4-14H2,2H3. The van der Waals surface area contributed by atoms with Gasteiger partial charge in [0, 0.05) is 18.5 Å². The molecule has 2 aliphatic rings. The van der Waals surface area contributed by atoms with Gasteiger partial charge in [-0.15, -0.1) is 12.3 Å². The molecule has 2 aliphatic heterocycles. The molecule has 0 amide bonds. The quantitative estimate of drug-likeness (QED) is 0.502. The van der Waals surface area contributed by atoms with E-state index in [2.05, 4.69) is 17.7 Å². The lowest BCUT2D eigenvalue weighted by Gasteiger charge is -2.42. The second-order valence-corrected chi connectivity index (χ2v) is 6.15. The summed E-state index contributed by atoms with van der Waals surface area (Å²) in [7, 11) is 0. The Morgan fingerprint density at radius 2 is 2.06 bits per heavy atom. The molecule has 0 radical (unpaired) electrons. The van der Waals surface area contributed by atoms with Gasteiger partial charge in [0.25, 0.3) is 0 Å². The Bertz CT molecular complexity index is 278. The van der Waals surface area contributed by atoms with Crippen molar-refractivity contribution in [3.63, 3.8) is 0 Å². The van der Waals surface area contributed by atoms with Crippen LogP contribution in [0.1, 0.15) is 71.1 Å². The van der Waals surface area contributed by atoms with Crippen molar-refractivity contribution in [2.45, 2.75) is 83.2 Å². The van der Waals surface area contributed by atoms with E-state index in [0.29, 0.717) is 0 Å². The van der Waals surface area contributed by atoms with Gasteiger partial charge in [0.1, 0.15) is 0 Å². The number of nitrogens with zero attached hydrogens (tertiary/aromatic N) is 1. The van der Waals surface area contributed by atoms with E-state index in [1.165, 1.54) is 64.3 Å². The van der Waals surface area contributed by atoms with Crippen LogP contribution in [-0.4, -0.2) is 23.5 Å². The largest absolute Gasteiger partial charge is 0.297 e. The van der Waals surface area contributed by atoms with Crippen molar-refractivity contribution in [3.05, 3.63) is 0 Å². The monoisotopic (exact) mass is 247 g/mol. The van der Waals surface area contributed by atoms with Gasteiger partial charge in [0.05, 0.1) is 0 Å². The lowest BCUT2D eigenvalue weighted by atomic mass is 9.83. The molecule has 3 unspecified atom stereocenters. The molecule has 2 rings (SSSR count). The summed E-state index contributed by atoms with van der Waals surface area (Å²) in [5.74, 6) is 3.74. The van der Waals surface area contributed by atoms with Crippen LogP contribution >= 0.6 is 0 Å². The summed E-state index contributed by atoms with van der Waals surface area (Å²) in [6, 6.07) is 1.82. The fraction of sp³-hybridized carbons (Fsp3) is 0.882. The van der Waals surface area contributed by atoms with Crippen LogP contribution in [0, 0.1) is 18.3 Å². The molecule has 0 N–H and O–H groups in total. The predicted octanol–water partition coefficient (Wildman–Crippen LogP) is 4.22. The Morgan fingerprint density at radius 3 is 2.83 bits per heavy atom. The minimum atomic E-state index is 0.895. The number of unbranched alkanes of at least 4 members (excludes halogenated alkanes) is 3. The molecule has 102 valence electrons. The number of terminal acetylenes is 1. The smallest absolute Gasteiger partial charge is 0.0127 e. The molecule has 2 fully saturated rings. The maximum atomic E-state index is 5.30. The fourth-order valence-corrected chi connectivity index (χ4v) is 4.11. The fourth-order valence-electron chi connectivity index (χ4n) is 4.11. The first-order chi connectivity index (χ1) is 8.86. The van der Waals surface area contributed by atoms with Crippen molar-refractivity contribution in [2.24, 2.45) is 5.92 Å². The third-order valence-electron chi connectivity index (χ3n) is 5.11. The summed E-state index contributed by atoms with van der Waals surface area (Å²) >= 11 is 0. The summed E-state index contributed by atoms with van der Waals surface area (Å²) in [5, 5.41) is 0. The summed E-state index contributed by atoms with van der Waals surface area (Å²) in [5.41, 5.74) is 0. The molecular formula is C17H29N. The minimum Gasteiger partial charge on any atom is -0.297 e. The zero-order chi connectivity index (χ0) is 12.8. The molecule has 0 spiro atoms. The van der Waals surface area contributed by atoms with E-state index in [-0.39, 0.29) is 0 Å². The summed E-state index contributed by atoms with van der Waals surface area (Å²) in [6.45, 7) is 3.75. The highest BCUT2D eigenvalue weighted by molar-refractivity contribution is 4.93. The van der Waals surface area contributed by atoms with E-state index >= 15 is 0 Å². The number of hydrogen-bond acceptors (Lipinski definition) is 1. The van der Waals surface area contributed by atoms with Gasteiger partial charge in [-0.1, -0.05) is 26.2 Å². The van der Waals surface area contributed by atoms with Crippen molar-refractivity contribution in [3.8, 4) is 12.3 Å². The van der Waals surface area contributed by atoms with E-state index in [4.69, 9.17) is 6.42 Å². The van der Waals surface area contributed by atoms with E-state index in [9.17, 15) is 0 Å². The lowest BCUT2D eigenvalue weighted by Crippen LogP contribution is -2.47. The molecule has 18 heavy (non-hydrogen) atoms. The van der Waals surface area contributed by atoms with Gasteiger partial charge in [-0.05, 0) is 51.0 Å². The SMILES string of the molecule is C#CCCCCCC1CCC(CC)C2CCCN12. The second-order valence-electron chi connectivity index (χ2n) is 6.15. The number of hydrogen-bond donors (Lipinski definition) is 0. The van der Waals surface area contributed by atoms with Crippen LogP contribution in [0.15, 0.2) is 0 Å². The molecule has 2 heterocycles. The van der Waals surface area contributed by atoms with Crippen molar-refractivity contribution < 1.29 is 0 Å². The van der Waals surface area contributed by atoms with Crippen molar-refractivity contribution in [1.82, 2.24) is 4.90 Å². The maximum Gasteiger partial charge on any atom is 0.0127 e. The highest BCUT2D eigenvalue weighted by Gasteiger charge is 2.38. The van der Waals surface area contributed by atoms with Crippen LogP contribution < -0.4 is 0 Å². The zero-order valence-electron chi connectivity index (χ0n) is 12.0. The number of rotatable bonds is 6. The van der Waals surface area contributed by atoms with Crippen LogP contribution in [0.2, 0.25) is 0 Å². The highest BCUT2D eigenvalue weighted by Crippen LogP contribution is 2.38. The average molecular weight is 247 g/mol. The zero-order valence-corrected chi connectivity index (χ0v) is 12.0. The molecule has 0 bridgehead atoms. The van der Waals surface area contributed by atoms with Crippen LogP contribution in [0.4, 0.5) is 0 Å². The highest BCUT2D eigenvalue weighted by atomic mass is 15.2. The Balaban J connectivity index is 1.74. The molecule has 0 aromatic heterocycles. The van der Waals surface area contributed by atoms with Crippen LogP contribution in [-0.2, 0) is 0 Å². The van der Waals surface area contributed by atoms with Gasteiger partial charge < -0.3 is 0 Å². The summed E-state index contributed by atoms with van der Waals surface area (Å²) < 4.78 is 0. The second kappa shape index (κ2) is 7.19. The third kappa shape index (κ3) is 3.29. The maximum absolute atomic E-state index is 5.30. The van der Waals surface area contributed by atoms with E-state index < -0.39 is 0 Å². The third-order valence-corrected chi connectivity index (χ3v) is 5.11. The topological polar surface area (TPSA) is 3.24 Å². The molecule has 0 aromatic carbocycles. The molecule has 0 aromatic rings. The predicted molar refractivity (Wildman–Crippen MR) is 78.4 cm³/mol. The van der Waals surface area contributed by atoms with Crippen LogP contribution in [0.5, 0.6) is 0 Å². The Kier molecular flexibility index (Phi) is 5.57. The average Bonchev–Trinajstić information content (AvgIpc) is 2.88. The van der Waals surface area contributed by atoms with Gasteiger partial charge in [-0.3, -0.25) is 4.90 Å². The van der Waals surface area contributed by atoms with Crippen LogP contribution in [0.25, 0.3) is 0 Å². The van der Waals surface area contributed by atoms with Gasteiger partial charge in [-0.2, -0.15) is 0 Å². The first-order valence-corrected chi connectivity index (χ1v) is 8.06. The number of piperidine rings is 1. The number of fused-ring (bicyclic) bond motifs is 1. The first kappa shape index (κ1) is 13.9. The molecule has 1 nitrogen and oxygen atoms in total. The normalized spacial score (nSPS) is 32.1. The Labute approximate surface area is 113 Å². The molecule has 3 atom stereocenters. The molecule has 0 saturated carbocycles. The molecular weight excluding hydrogens is 218 g/mol. The Hall–Kier alpha value is -0.480. The van der Waals surface area contributed by atoms with Crippen LogP contribution in [0.3, 0.4) is 0 Å². The summed E-state index contributed by atoms with van der Waals surface area (Å²) in [6.07, 6.45) is 18.8. The minimum absolute atomic E-state index is 0.895.